The van der Waals surface area contributed by atoms with E-state index in [0.717, 1.165) is 12.1 Å². The highest BCUT2D eigenvalue weighted by Gasteiger charge is 2.08. The molecule has 0 saturated heterocycles. The van der Waals surface area contributed by atoms with Crippen molar-refractivity contribution in [2.24, 2.45) is 5.73 Å². The Bertz CT molecular complexity index is 561. The summed E-state index contributed by atoms with van der Waals surface area (Å²) >= 11 is 0. The molecule has 0 fully saturated rings. The second-order valence-corrected chi connectivity index (χ2v) is 4.24. The first-order valence-electron chi connectivity index (χ1n) is 6.17. The molecule has 0 bridgehead atoms. The van der Waals surface area contributed by atoms with Crippen LogP contribution in [0.5, 0.6) is 0 Å². The number of hydrogen-bond acceptors (Lipinski definition) is 4. The largest absolute Gasteiger partial charge is 0.364 e. The van der Waals surface area contributed by atoms with E-state index in [2.05, 4.69) is 29.2 Å². The second-order valence-electron chi connectivity index (χ2n) is 4.24. The first kappa shape index (κ1) is 13.2. The highest BCUT2D eigenvalue weighted by atomic mass is 16.1. The van der Waals surface area contributed by atoms with Crippen LogP contribution in [-0.4, -0.2) is 27.2 Å². The minimum atomic E-state index is -0.545. The molecule has 3 N–H and O–H groups in total. The van der Waals surface area contributed by atoms with E-state index in [-0.39, 0.29) is 11.7 Å². The van der Waals surface area contributed by atoms with Crippen LogP contribution < -0.4 is 11.1 Å². The summed E-state index contributed by atoms with van der Waals surface area (Å²) in [5.41, 5.74) is 6.49. The standard InChI is InChI=1S/C13H17N5O/c1-3-15-9(2)10-4-5-12(16-8-10)18-7-6-11(17-18)13(14)19/h4-9,15H,3H2,1-2H3,(H2,14,19). The molecule has 0 saturated carbocycles. The summed E-state index contributed by atoms with van der Waals surface area (Å²) in [4.78, 5) is 15.3. The van der Waals surface area contributed by atoms with Gasteiger partial charge in [-0.3, -0.25) is 4.79 Å². The molecule has 6 heteroatoms. The van der Waals surface area contributed by atoms with Crippen LogP contribution in [0.2, 0.25) is 0 Å². The first-order chi connectivity index (χ1) is 9.11. The molecule has 2 heterocycles. The summed E-state index contributed by atoms with van der Waals surface area (Å²) in [6.07, 6.45) is 3.46. The SMILES string of the molecule is CCNC(C)c1ccc(-n2ccc(C(N)=O)n2)nc1. The fourth-order valence-corrected chi connectivity index (χ4v) is 1.80. The van der Waals surface area contributed by atoms with Gasteiger partial charge in [-0.2, -0.15) is 5.10 Å². The number of rotatable bonds is 5. The van der Waals surface area contributed by atoms with Crippen molar-refractivity contribution >= 4 is 5.91 Å². The molecular formula is C13H17N5O. The van der Waals surface area contributed by atoms with Crippen molar-refractivity contribution in [3.63, 3.8) is 0 Å². The Kier molecular flexibility index (Phi) is 3.91. The molecule has 0 spiro atoms. The highest BCUT2D eigenvalue weighted by molar-refractivity contribution is 5.90. The average Bonchev–Trinajstić information content (AvgIpc) is 2.89. The molecule has 1 amide bonds. The first-order valence-corrected chi connectivity index (χ1v) is 6.17. The molecular weight excluding hydrogens is 242 g/mol. The van der Waals surface area contributed by atoms with Gasteiger partial charge in [0.1, 0.15) is 5.69 Å². The van der Waals surface area contributed by atoms with Crippen molar-refractivity contribution < 1.29 is 4.79 Å². The second kappa shape index (κ2) is 5.62. The van der Waals surface area contributed by atoms with Gasteiger partial charge in [-0.05, 0) is 31.2 Å². The van der Waals surface area contributed by atoms with Gasteiger partial charge in [-0.25, -0.2) is 9.67 Å². The highest BCUT2D eigenvalue weighted by Crippen LogP contribution is 2.12. The number of carbonyl (C=O) groups is 1. The summed E-state index contributed by atoms with van der Waals surface area (Å²) in [5.74, 6) is 0.107. The molecule has 100 valence electrons. The van der Waals surface area contributed by atoms with Gasteiger partial charge in [0.15, 0.2) is 5.82 Å². The van der Waals surface area contributed by atoms with Gasteiger partial charge in [0, 0.05) is 18.4 Å². The maximum absolute atomic E-state index is 11.0. The van der Waals surface area contributed by atoms with Gasteiger partial charge in [-0.1, -0.05) is 13.0 Å². The van der Waals surface area contributed by atoms with E-state index in [1.807, 2.05) is 12.1 Å². The lowest BCUT2D eigenvalue weighted by Gasteiger charge is -2.12. The Balaban J connectivity index is 2.19. The van der Waals surface area contributed by atoms with E-state index >= 15 is 0 Å². The van der Waals surface area contributed by atoms with Crippen molar-refractivity contribution in [1.82, 2.24) is 20.1 Å². The van der Waals surface area contributed by atoms with E-state index in [1.54, 1.807) is 18.5 Å². The van der Waals surface area contributed by atoms with Gasteiger partial charge in [0.2, 0.25) is 0 Å². The van der Waals surface area contributed by atoms with Gasteiger partial charge in [0.05, 0.1) is 0 Å². The molecule has 0 radical (unpaired) electrons. The van der Waals surface area contributed by atoms with E-state index in [9.17, 15) is 4.79 Å². The minimum Gasteiger partial charge on any atom is -0.364 e. The predicted molar refractivity (Wildman–Crippen MR) is 72.0 cm³/mol. The number of hydrogen-bond donors (Lipinski definition) is 2. The number of nitrogens with one attached hydrogen (secondary N) is 1. The average molecular weight is 259 g/mol. The smallest absolute Gasteiger partial charge is 0.269 e. The Morgan fingerprint density at radius 1 is 1.47 bits per heavy atom. The van der Waals surface area contributed by atoms with Gasteiger partial charge < -0.3 is 11.1 Å². The van der Waals surface area contributed by atoms with Crippen LogP contribution in [-0.2, 0) is 0 Å². The topological polar surface area (TPSA) is 85.8 Å². The predicted octanol–water partition coefficient (Wildman–Crippen LogP) is 1.04. The van der Waals surface area contributed by atoms with Crippen molar-refractivity contribution in [2.45, 2.75) is 19.9 Å². The lowest BCUT2D eigenvalue weighted by atomic mass is 10.1. The van der Waals surface area contributed by atoms with Crippen molar-refractivity contribution in [2.75, 3.05) is 6.54 Å². The zero-order chi connectivity index (χ0) is 13.8. The Hall–Kier alpha value is -2.21. The third kappa shape index (κ3) is 2.97. The number of nitrogens with two attached hydrogens (primary N) is 1. The number of amides is 1. The maximum Gasteiger partial charge on any atom is 0.269 e. The zero-order valence-corrected chi connectivity index (χ0v) is 11.0. The van der Waals surface area contributed by atoms with Crippen molar-refractivity contribution in [1.29, 1.82) is 0 Å². The normalized spacial score (nSPS) is 12.3. The van der Waals surface area contributed by atoms with E-state index in [0.29, 0.717) is 5.82 Å². The summed E-state index contributed by atoms with van der Waals surface area (Å²) in [5, 5.41) is 7.37. The van der Waals surface area contributed by atoms with Crippen LogP contribution >= 0.6 is 0 Å². The van der Waals surface area contributed by atoms with Crippen LogP contribution in [0.3, 0.4) is 0 Å². The molecule has 19 heavy (non-hydrogen) atoms. The number of carbonyl (C=O) groups excluding carboxylic acids is 1. The van der Waals surface area contributed by atoms with Crippen LogP contribution in [0.1, 0.15) is 35.9 Å². The summed E-state index contributed by atoms with van der Waals surface area (Å²) in [6, 6.07) is 5.67. The Labute approximate surface area is 111 Å². The number of nitrogens with zero attached hydrogens (tertiary/aromatic N) is 3. The quantitative estimate of drug-likeness (QED) is 0.840. The Morgan fingerprint density at radius 2 is 2.26 bits per heavy atom. The molecule has 2 rings (SSSR count). The number of primary amides is 1. The number of aromatic nitrogens is 3. The van der Waals surface area contributed by atoms with Crippen molar-refractivity contribution in [3.8, 4) is 5.82 Å². The molecule has 2 aromatic rings. The molecule has 0 aliphatic heterocycles. The summed E-state index contributed by atoms with van der Waals surface area (Å²) < 4.78 is 1.53. The van der Waals surface area contributed by atoms with Crippen molar-refractivity contribution in [3.05, 3.63) is 41.9 Å². The molecule has 0 aromatic carbocycles. The van der Waals surface area contributed by atoms with Crippen LogP contribution in [0.4, 0.5) is 0 Å². The summed E-state index contributed by atoms with van der Waals surface area (Å²) in [6.45, 7) is 5.05. The van der Waals surface area contributed by atoms with E-state index < -0.39 is 5.91 Å². The summed E-state index contributed by atoms with van der Waals surface area (Å²) in [7, 11) is 0. The van der Waals surface area contributed by atoms with Gasteiger partial charge >= 0.3 is 0 Å². The molecule has 0 aliphatic rings. The van der Waals surface area contributed by atoms with Crippen LogP contribution in [0, 0.1) is 0 Å². The zero-order valence-electron chi connectivity index (χ0n) is 11.0. The van der Waals surface area contributed by atoms with Crippen LogP contribution in [0.25, 0.3) is 5.82 Å². The third-order valence-electron chi connectivity index (χ3n) is 2.86. The lowest BCUT2D eigenvalue weighted by molar-refractivity contribution is 0.0995. The minimum absolute atomic E-state index is 0.229. The Morgan fingerprint density at radius 3 is 2.79 bits per heavy atom. The number of pyridine rings is 1. The fraction of sp³-hybridized carbons (Fsp3) is 0.308. The fourth-order valence-electron chi connectivity index (χ4n) is 1.80. The monoisotopic (exact) mass is 259 g/mol. The van der Waals surface area contributed by atoms with Gasteiger partial charge in [-0.15, -0.1) is 0 Å². The van der Waals surface area contributed by atoms with Crippen LogP contribution in [0.15, 0.2) is 30.6 Å². The third-order valence-corrected chi connectivity index (χ3v) is 2.86. The molecule has 6 nitrogen and oxygen atoms in total. The maximum atomic E-state index is 11.0. The molecule has 1 unspecified atom stereocenters. The van der Waals surface area contributed by atoms with E-state index in [4.69, 9.17) is 5.73 Å². The van der Waals surface area contributed by atoms with E-state index in [1.165, 1.54) is 4.68 Å². The molecule has 1 atom stereocenters. The molecule has 2 aromatic heterocycles. The van der Waals surface area contributed by atoms with Gasteiger partial charge in [0.25, 0.3) is 5.91 Å². The molecule has 0 aliphatic carbocycles. The lowest BCUT2D eigenvalue weighted by Crippen LogP contribution is -2.18.